The van der Waals surface area contributed by atoms with Gasteiger partial charge in [0.25, 0.3) is 0 Å². The molecule has 120 valence electrons. The van der Waals surface area contributed by atoms with Gasteiger partial charge in [-0.15, -0.1) is 0 Å². The van der Waals surface area contributed by atoms with Crippen molar-refractivity contribution in [3.63, 3.8) is 0 Å². The van der Waals surface area contributed by atoms with E-state index in [1.54, 1.807) is 19.2 Å². The van der Waals surface area contributed by atoms with Crippen molar-refractivity contribution in [2.75, 3.05) is 7.11 Å². The van der Waals surface area contributed by atoms with Crippen LogP contribution < -0.4 is 10.1 Å². The quantitative estimate of drug-likeness (QED) is 0.882. The van der Waals surface area contributed by atoms with Gasteiger partial charge in [0.15, 0.2) is 0 Å². The summed E-state index contributed by atoms with van der Waals surface area (Å²) in [4.78, 5) is 11.0. The summed E-state index contributed by atoms with van der Waals surface area (Å²) in [5.74, 6) is -0.204. The molecule has 23 heavy (non-hydrogen) atoms. The van der Waals surface area contributed by atoms with Gasteiger partial charge in [-0.25, -0.2) is 4.79 Å². The van der Waals surface area contributed by atoms with Crippen LogP contribution in [-0.2, 0) is 19.4 Å². The van der Waals surface area contributed by atoms with E-state index < -0.39 is 5.97 Å². The first kappa shape index (κ1) is 15.8. The summed E-state index contributed by atoms with van der Waals surface area (Å²) >= 11 is 6.03. The van der Waals surface area contributed by atoms with E-state index in [4.69, 9.17) is 21.4 Å². The summed E-state index contributed by atoms with van der Waals surface area (Å²) in [5, 5.41) is 13.2. The van der Waals surface area contributed by atoms with Gasteiger partial charge in [0.1, 0.15) is 5.75 Å². The standard InChI is InChI=1S/C18H18ClNO3/c1-23-17-6-11(2-5-16(17)19)10-20-15-8-12-3-4-13(18(21)22)7-14(12)9-15/h2-7,15,20H,8-10H2,1H3,(H,21,22). The highest BCUT2D eigenvalue weighted by atomic mass is 35.5. The second-order valence-electron chi connectivity index (χ2n) is 5.74. The summed E-state index contributed by atoms with van der Waals surface area (Å²) in [5.41, 5.74) is 3.80. The molecule has 0 saturated heterocycles. The molecule has 0 bridgehead atoms. The first-order valence-corrected chi connectivity index (χ1v) is 7.85. The monoisotopic (exact) mass is 331 g/mol. The van der Waals surface area contributed by atoms with Crippen LogP contribution in [-0.4, -0.2) is 24.2 Å². The Balaban J connectivity index is 1.63. The van der Waals surface area contributed by atoms with Crippen LogP contribution in [0.15, 0.2) is 36.4 Å². The van der Waals surface area contributed by atoms with E-state index in [9.17, 15) is 4.79 Å². The summed E-state index contributed by atoms with van der Waals surface area (Å²) in [7, 11) is 1.60. The minimum atomic E-state index is -0.877. The molecule has 0 spiro atoms. The van der Waals surface area contributed by atoms with E-state index in [2.05, 4.69) is 5.32 Å². The maximum atomic E-state index is 11.0. The number of carboxylic acid groups (broad SMARTS) is 1. The fraction of sp³-hybridized carbons (Fsp3) is 0.278. The fourth-order valence-corrected chi connectivity index (χ4v) is 3.17. The fourth-order valence-electron chi connectivity index (χ4n) is 2.97. The topological polar surface area (TPSA) is 58.6 Å². The third-order valence-corrected chi connectivity index (χ3v) is 4.51. The van der Waals surface area contributed by atoms with Crippen LogP contribution in [0.4, 0.5) is 0 Å². The molecule has 0 fully saturated rings. The Bertz CT molecular complexity index is 745. The molecule has 2 aromatic rings. The number of nitrogens with one attached hydrogen (secondary N) is 1. The molecule has 5 heteroatoms. The van der Waals surface area contributed by atoms with Crippen LogP contribution in [0.5, 0.6) is 5.75 Å². The third kappa shape index (κ3) is 3.49. The highest BCUT2D eigenvalue weighted by Crippen LogP contribution is 2.26. The largest absolute Gasteiger partial charge is 0.495 e. The summed E-state index contributed by atoms with van der Waals surface area (Å²) in [6, 6.07) is 11.4. The van der Waals surface area contributed by atoms with Gasteiger partial charge < -0.3 is 15.2 Å². The van der Waals surface area contributed by atoms with Crippen molar-refractivity contribution in [1.82, 2.24) is 5.32 Å². The average molecular weight is 332 g/mol. The molecule has 0 aliphatic heterocycles. The Morgan fingerprint density at radius 2 is 2.04 bits per heavy atom. The predicted molar refractivity (Wildman–Crippen MR) is 89.4 cm³/mol. The van der Waals surface area contributed by atoms with Gasteiger partial charge in [0.2, 0.25) is 0 Å². The molecule has 1 aliphatic rings. The van der Waals surface area contributed by atoms with Crippen LogP contribution in [0, 0.1) is 0 Å². The molecule has 0 saturated carbocycles. The third-order valence-electron chi connectivity index (χ3n) is 4.20. The number of fused-ring (bicyclic) bond motifs is 1. The molecule has 0 radical (unpaired) electrons. The van der Waals surface area contributed by atoms with Crippen LogP contribution in [0.1, 0.15) is 27.0 Å². The van der Waals surface area contributed by atoms with Crippen molar-refractivity contribution in [3.8, 4) is 5.75 Å². The van der Waals surface area contributed by atoms with Crippen LogP contribution in [0.3, 0.4) is 0 Å². The molecule has 0 heterocycles. The summed E-state index contributed by atoms with van der Waals surface area (Å²) < 4.78 is 5.23. The number of rotatable bonds is 5. The van der Waals surface area contributed by atoms with Crippen molar-refractivity contribution in [1.29, 1.82) is 0 Å². The maximum absolute atomic E-state index is 11.0. The number of carboxylic acids is 1. The van der Waals surface area contributed by atoms with E-state index in [-0.39, 0.29) is 0 Å². The van der Waals surface area contributed by atoms with E-state index in [1.165, 1.54) is 5.56 Å². The Morgan fingerprint density at radius 3 is 2.78 bits per heavy atom. The normalized spacial score (nSPS) is 16.2. The average Bonchev–Trinajstić information content (AvgIpc) is 2.96. The molecule has 1 unspecified atom stereocenters. The lowest BCUT2D eigenvalue weighted by Gasteiger charge is -2.13. The van der Waals surface area contributed by atoms with Gasteiger partial charge in [-0.2, -0.15) is 0 Å². The van der Waals surface area contributed by atoms with Crippen molar-refractivity contribution < 1.29 is 14.6 Å². The lowest BCUT2D eigenvalue weighted by molar-refractivity contribution is 0.0697. The highest BCUT2D eigenvalue weighted by molar-refractivity contribution is 6.32. The van der Waals surface area contributed by atoms with Gasteiger partial charge in [-0.05, 0) is 53.8 Å². The molecule has 0 aromatic heterocycles. The molecule has 2 N–H and O–H groups in total. The first-order chi connectivity index (χ1) is 11.1. The lowest BCUT2D eigenvalue weighted by Crippen LogP contribution is -2.28. The Kier molecular flexibility index (Phi) is 4.55. The number of halogens is 1. The maximum Gasteiger partial charge on any atom is 0.335 e. The summed E-state index contributed by atoms with van der Waals surface area (Å²) in [6.45, 7) is 0.720. The number of methoxy groups -OCH3 is 1. The number of ether oxygens (including phenoxy) is 1. The second-order valence-corrected chi connectivity index (χ2v) is 6.15. The molecule has 1 atom stereocenters. The number of benzene rings is 2. The van der Waals surface area contributed by atoms with Crippen molar-refractivity contribution in [2.24, 2.45) is 0 Å². The van der Waals surface area contributed by atoms with Crippen LogP contribution >= 0.6 is 11.6 Å². The highest BCUT2D eigenvalue weighted by Gasteiger charge is 2.22. The molecule has 3 rings (SSSR count). The van der Waals surface area contributed by atoms with Gasteiger partial charge in [0, 0.05) is 12.6 Å². The first-order valence-electron chi connectivity index (χ1n) is 7.47. The van der Waals surface area contributed by atoms with Gasteiger partial charge in [-0.1, -0.05) is 23.7 Å². The molecule has 2 aromatic carbocycles. The van der Waals surface area contributed by atoms with E-state index in [1.807, 2.05) is 24.3 Å². The molecule has 0 amide bonds. The minimum absolute atomic E-state index is 0.315. The number of aromatic carboxylic acids is 1. The number of hydrogen-bond donors (Lipinski definition) is 2. The molecule has 4 nitrogen and oxygen atoms in total. The van der Waals surface area contributed by atoms with Crippen molar-refractivity contribution in [2.45, 2.75) is 25.4 Å². The molecular weight excluding hydrogens is 314 g/mol. The van der Waals surface area contributed by atoms with E-state index in [0.717, 1.165) is 30.5 Å². The SMILES string of the molecule is COc1cc(CNC2Cc3ccc(C(=O)O)cc3C2)ccc1Cl. The second kappa shape index (κ2) is 6.60. The van der Waals surface area contributed by atoms with Crippen LogP contribution in [0.25, 0.3) is 0 Å². The van der Waals surface area contributed by atoms with Crippen molar-refractivity contribution >= 4 is 17.6 Å². The van der Waals surface area contributed by atoms with Crippen LogP contribution in [0.2, 0.25) is 5.02 Å². The van der Waals surface area contributed by atoms with E-state index in [0.29, 0.717) is 22.4 Å². The predicted octanol–water partition coefficient (Wildman–Crippen LogP) is 3.30. The Hall–Kier alpha value is -2.04. The lowest BCUT2D eigenvalue weighted by atomic mass is 10.1. The van der Waals surface area contributed by atoms with Gasteiger partial charge in [-0.3, -0.25) is 0 Å². The number of hydrogen-bond acceptors (Lipinski definition) is 3. The Labute approximate surface area is 140 Å². The minimum Gasteiger partial charge on any atom is -0.495 e. The van der Waals surface area contributed by atoms with Crippen molar-refractivity contribution in [3.05, 3.63) is 63.7 Å². The zero-order valence-corrected chi connectivity index (χ0v) is 13.6. The smallest absolute Gasteiger partial charge is 0.335 e. The zero-order chi connectivity index (χ0) is 16.4. The summed E-state index contributed by atoms with van der Waals surface area (Å²) in [6.07, 6.45) is 1.77. The number of carbonyl (C=O) groups is 1. The van der Waals surface area contributed by atoms with E-state index >= 15 is 0 Å². The zero-order valence-electron chi connectivity index (χ0n) is 12.8. The van der Waals surface area contributed by atoms with Gasteiger partial charge in [0.05, 0.1) is 17.7 Å². The molecular formula is C18H18ClNO3. The van der Waals surface area contributed by atoms with Gasteiger partial charge >= 0.3 is 5.97 Å². The Morgan fingerprint density at radius 1 is 1.26 bits per heavy atom. The molecule has 1 aliphatic carbocycles.